The lowest BCUT2D eigenvalue weighted by Crippen LogP contribution is -2.27. The highest BCUT2D eigenvalue weighted by Gasteiger charge is 2.19. The zero-order valence-electron chi connectivity index (χ0n) is 11.6. The number of carboxylic acid groups (broad SMARTS) is 1. The van der Waals surface area contributed by atoms with Crippen LogP contribution in [0.3, 0.4) is 0 Å². The van der Waals surface area contributed by atoms with Gasteiger partial charge in [0.1, 0.15) is 0 Å². The normalized spacial score (nSPS) is 15.4. The molecule has 0 radical (unpaired) electrons. The van der Waals surface area contributed by atoms with Crippen LogP contribution in [0.15, 0.2) is 30.3 Å². The maximum atomic E-state index is 12.2. The number of amides is 1. The Hall–Kier alpha value is -2.10. The summed E-state index contributed by atoms with van der Waals surface area (Å²) in [6.45, 7) is 3.58. The highest BCUT2D eigenvalue weighted by molar-refractivity contribution is 5.95. The van der Waals surface area contributed by atoms with Gasteiger partial charge in [0.05, 0.1) is 0 Å². The van der Waals surface area contributed by atoms with Gasteiger partial charge in [-0.3, -0.25) is 4.79 Å². The fourth-order valence-electron chi connectivity index (χ4n) is 2.47. The number of likely N-dealkylation sites (tertiary alicyclic amines) is 1. The summed E-state index contributed by atoms with van der Waals surface area (Å²) < 4.78 is 0. The summed E-state index contributed by atoms with van der Waals surface area (Å²) in [5.41, 5.74) is 2.28. The minimum atomic E-state index is -0.945. The summed E-state index contributed by atoms with van der Waals surface area (Å²) in [7, 11) is 0. The summed E-state index contributed by atoms with van der Waals surface area (Å²) in [5, 5.41) is 8.83. The van der Waals surface area contributed by atoms with Crippen LogP contribution in [0, 0.1) is 0 Å². The minimum Gasteiger partial charge on any atom is -0.478 e. The van der Waals surface area contributed by atoms with E-state index in [0.717, 1.165) is 37.1 Å². The van der Waals surface area contributed by atoms with Crippen LogP contribution in [0.25, 0.3) is 5.57 Å². The molecule has 1 aliphatic rings. The van der Waals surface area contributed by atoms with Crippen molar-refractivity contribution in [2.45, 2.75) is 26.2 Å². The van der Waals surface area contributed by atoms with Crippen LogP contribution in [0.4, 0.5) is 0 Å². The van der Waals surface area contributed by atoms with Gasteiger partial charge in [-0.15, -0.1) is 0 Å². The first-order valence-electron chi connectivity index (χ1n) is 6.95. The van der Waals surface area contributed by atoms with Crippen molar-refractivity contribution in [1.82, 2.24) is 4.90 Å². The van der Waals surface area contributed by atoms with E-state index in [4.69, 9.17) is 5.11 Å². The number of allylic oxidation sites excluding steroid dienone is 1. The minimum absolute atomic E-state index is 0.0642. The standard InChI is InChI=1S/C16H19NO3/c1-2-12(11-15(18)19)13-5-7-14(8-6-13)16(20)17-9-3-4-10-17/h5-8,11H,2-4,9-10H2,1H3,(H,18,19)/b12-11+. The molecule has 0 aliphatic carbocycles. The van der Waals surface area contributed by atoms with Crippen LogP contribution >= 0.6 is 0 Å². The van der Waals surface area contributed by atoms with E-state index >= 15 is 0 Å². The second-order valence-electron chi connectivity index (χ2n) is 4.94. The third-order valence-electron chi connectivity index (χ3n) is 3.57. The Bertz CT molecular complexity index is 525. The molecule has 4 nitrogen and oxygen atoms in total. The van der Waals surface area contributed by atoms with Gasteiger partial charge in [0.15, 0.2) is 0 Å². The number of rotatable bonds is 4. The quantitative estimate of drug-likeness (QED) is 0.858. The molecular formula is C16H19NO3. The maximum absolute atomic E-state index is 12.2. The van der Waals surface area contributed by atoms with Crippen LogP contribution in [-0.2, 0) is 4.79 Å². The number of carbonyl (C=O) groups excluding carboxylic acids is 1. The summed E-state index contributed by atoms with van der Waals surface area (Å²) in [6, 6.07) is 7.20. The van der Waals surface area contributed by atoms with Crippen LogP contribution in [-0.4, -0.2) is 35.0 Å². The summed E-state index contributed by atoms with van der Waals surface area (Å²) in [6.07, 6.45) is 4.01. The van der Waals surface area contributed by atoms with Crippen LogP contribution in [0.1, 0.15) is 42.1 Å². The first-order valence-corrected chi connectivity index (χ1v) is 6.95. The van der Waals surface area contributed by atoms with Gasteiger partial charge in [-0.05, 0) is 42.5 Å². The van der Waals surface area contributed by atoms with E-state index in [1.54, 1.807) is 12.1 Å². The Balaban J connectivity index is 2.17. The van der Waals surface area contributed by atoms with Crippen molar-refractivity contribution in [2.75, 3.05) is 13.1 Å². The monoisotopic (exact) mass is 273 g/mol. The lowest BCUT2D eigenvalue weighted by atomic mass is 10.0. The second-order valence-corrected chi connectivity index (χ2v) is 4.94. The topological polar surface area (TPSA) is 57.6 Å². The molecular weight excluding hydrogens is 254 g/mol. The largest absolute Gasteiger partial charge is 0.478 e. The zero-order chi connectivity index (χ0) is 14.5. The Morgan fingerprint density at radius 1 is 1.15 bits per heavy atom. The van der Waals surface area contributed by atoms with Gasteiger partial charge in [-0.2, -0.15) is 0 Å². The Labute approximate surface area is 118 Å². The predicted octanol–water partition coefficient (Wildman–Crippen LogP) is 2.80. The van der Waals surface area contributed by atoms with E-state index in [-0.39, 0.29) is 5.91 Å². The number of aliphatic carboxylic acids is 1. The van der Waals surface area contributed by atoms with E-state index in [1.807, 2.05) is 24.0 Å². The van der Waals surface area contributed by atoms with Gasteiger partial charge in [0.25, 0.3) is 5.91 Å². The maximum Gasteiger partial charge on any atom is 0.328 e. The number of nitrogens with zero attached hydrogens (tertiary/aromatic N) is 1. The van der Waals surface area contributed by atoms with Crippen molar-refractivity contribution in [3.05, 3.63) is 41.5 Å². The van der Waals surface area contributed by atoms with Crippen LogP contribution < -0.4 is 0 Å². The molecule has 0 aromatic heterocycles. The number of carboxylic acids is 1. The molecule has 1 aromatic rings. The van der Waals surface area contributed by atoms with Crippen molar-refractivity contribution >= 4 is 17.4 Å². The molecule has 2 rings (SSSR count). The Kier molecular flexibility index (Phi) is 4.56. The number of hydrogen-bond donors (Lipinski definition) is 1. The lowest BCUT2D eigenvalue weighted by Gasteiger charge is -2.15. The molecule has 4 heteroatoms. The molecule has 106 valence electrons. The van der Waals surface area contributed by atoms with Crippen LogP contribution in [0.2, 0.25) is 0 Å². The first kappa shape index (κ1) is 14.3. The van der Waals surface area contributed by atoms with E-state index in [0.29, 0.717) is 12.0 Å². The molecule has 1 fully saturated rings. The van der Waals surface area contributed by atoms with Gasteiger partial charge in [0.2, 0.25) is 0 Å². The van der Waals surface area contributed by atoms with E-state index in [1.165, 1.54) is 6.08 Å². The smallest absolute Gasteiger partial charge is 0.328 e. The van der Waals surface area contributed by atoms with Crippen LogP contribution in [0.5, 0.6) is 0 Å². The Morgan fingerprint density at radius 3 is 2.20 bits per heavy atom. The third-order valence-corrected chi connectivity index (χ3v) is 3.57. The third kappa shape index (κ3) is 3.26. The number of benzene rings is 1. The van der Waals surface area contributed by atoms with Crippen molar-refractivity contribution in [1.29, 1.82) is 0 Å². The molecule has 0 spiro atoms. The summed E-state index contributed by atoms with van der Waals surface area (Å²) in [4.78, 5) is 24.8. The molecule has 1 aromatic carbocycles. The van der Waals surface area contributed by atoms with Gasteiger partial charge >= 0.3 is 5.97 Å². The molecule has 0 unspecified atom stereocenters. The molecule has 0 saturated carbocycles. The molecule has 1 aliphatic heterocycles. The van der Waals surface area contributed by atoms with Gasteiger partial charge < -0.3 is 10.0 Å². The van der Waals surface area contributed by atoms with E-state index in [9.17, 15) is 9.59 Å². The molecule has 0 atom stereocenters. The molecule has 1 saturated heterocycles. The number of carbonyl (C=O) groups is 2. The van der Waals surface area contributed by atoms with E-state index < -0.39 is 5.97 Å². The second kappa shape index (κ2) is 6.37. The predicted molar refractivity (Wildman–Crippen MR) is 77.5 cm³/mol. The van der Waals surface area contributed by atoms with Crippen molar-refractivity contribution in [3.63, 3.8) is 0 Å². The summed E-state index contributed by atoms with van der Waals surface area (Å²) >= 11 is 0. The molecule has 1 N–H and O–H groups in total. The fraction of sp³-hybridized carbons (Fsp3) is 0.375. The lowest BCUT2D eigenvalue weighted by molar-refractivity contribution is -0.131. The molecule has 20 heavy (non-hydrogen) atoms. The average Bonchev–Trinajstić information content (AvgIpc) is 2.98. The highest BCUT2D eigenvalue weighted by Crippen LogP contribution is 2.20. The van der Waals surface area contributed by atoms with Crippen molar-refractivity contribution < 1.29 is 14.7 Å². The highest BCUT2D eigenvalue weighted by atomic mass is 16.4. The van der Waals surface area contributed by atoms with Gasteiger partial charge in [0, 0.05) is 24.7 Å². The molecule has 1 heterocycles. The van der Waals surface area contributed by atoms with Crippen molar-refractivity contribution in [2.24, 2.45) is 0 Å². The zero-order valence-corrected chi connectivity index (χ0v) is 11.6. The Morgan fingerprint density at radius 2 is 1.70 bits per heavy atom. The average molecular weight is 273 g/mol. The van der Waals surface area contributed by atoms with Gasteiger partial charge in [-0.25, -0.2) is 4.79 Å². The first-order chi connectivity index (χ1) is 9.61. The SMILES string of the molecule is CC/C(=C\C(=O)O)c1ccc(C(=O)N2CCCC2)cc1. The molecule has 1 amide bonds. The van der Waals surface area contributed by atoms with Crippen molar-refractivity contribution in [3.8, 4) is 0 Å². The van der Waals surface area contributed by atoms with Gasteiger partial charge in [-0.1, -0.05) is 19.1 Å². The summed E-state index contributed by atoms with van der Waals surface area (Å²) in [5.74, 6) is -0.881. The number of hydrogen-bond acceptors (Lipinski definition) is 2. The fourth-order valence-corrected chi connectivity index (χ4v) is 2.47. The molecule has 0 bridgehead atoms. The van der Waals surface area contributed by atoms with E-state index in [2.05, 4.69) is 0 Å².